The lowest BCUT2D eigenvalue weighted by molar-refractivity contribution is -0.145. The number of hydrogen-bond acceptors (Lipinski definition) is 1. The molecule has 3 atom stereocenters. The highest BCUT2D eigenvalue weighted by molar-refractivity contribution is 7.07. The molecule has 4 aliphatic rings. The van der Waals surface area contributed by atoms with Crippen molar-refractivity contribution < 1.29 is 0 Å². The molecule has 5 rings (SSSR count). The first-order chi connectivity index (χ1) is 9.41. The van der Waals surface area contributed by atoms with E-state index in [4.69, 9.17) is 11.6 Å². The van der Waals surface area contributed by atoms with E-state index in [1.54, 1.807) is 11.3 Å². The molecule has 1 heterocycles. The number of thiophene rings is 1. The highest BCUT2D eigenvalue weighted by atomic mass is 35.5. The Labute approximate surface area is 131 Å². The van der Waals surface area contributed by atoms with Gasteiger partial charge in [-0.2, -0.15) is 11.3 Å². The summed E-state index contributed by atoms with van der Waals surface area (Å²) >= 11 is 8.82. The van der Waals surface area contributed by atoms with Crippen LogP contribution in [-0.4, -0.2) is 5.38 Å². The van der Waals surface area contributed by atoms with E-state index in [-0.39, 0.29) is 0 Å². The standard InChI is InChI=1S/C18H25ClS/c1-16-6-14-7-17(2,10-16)12-18(8-14,11-16)15(19)5-13-3-4-20-9-13/h3-4,9,14-15H,5-8,10-12H2,1-2H3. The van der Waals surface area contributed by atoms with Gasteiger partial charge in [-0.15, -0.1) is 11.6 Å². The maximum absolute atomic E-state index is 7.02. The first kappa shape index (κ1) is 13.6. The zero-order valence-electron chi connectivity index (χ0n) is 12.6. The lowest BCUT2D eigenvalue weighted by Crippen LogP contribution is -2.58. The predicted molar refractivity (Wildman–Crippen MR) is 87.5 cm³/mol. The Morgan fingerprint density at radius 3 is 2.45 bits per heavy atom. The molecular weight excluding hydrogens is 284 g/mol. The molecule has 0 N–H and O–H groups in total. The van der Waals surface area contributed by atoms with Crippen molar-refractivity contribution in [3.63, 3.8) is 0 Å². The van der Waals surface area contributed by atoms with Crippen LogP contribution < -0.4 is 0 Å². The Balaban J connectivity index is 1.63. The van der Waals surface area contributed by atoms with Crippen LogP contribution in [0.1, 0.15) is 57.9 Å². The highest BCUT2D eigenvalue weighted by Crippen LogP contribution is 2.71. The van der Waals surface area contributed by atoms with Crippen molar-refractivity contribution in [1.82, 2.24) is 0 Å². The largest absolute Gasteiger partial charge is 0.152 e. The number of alkyl halides is 1. The lowest BCUT2D eigenvalue weighted by Gasteiger charge is -2.66. The molecule has 0 nitrogen and oxygen atoms in total. The van der Waals surface area contributed by atoms with Crippen molar-refractivity contribution in [2.75, 3.05) is 0 Å². The normalized spacial score (nSPS) is 47.6. The van der Waals surface area contributed by atoms with E-state index in [1.807, 2.05) is 0 Å². The van der Waals surface area contributed by atoms with Crippen LogP contribution in [0.5, 0.6) is 0 Å². The van der Waals surface area contributed by atoms with Crippen LogP contribution in [0.3, 0.4) is 0 Å². The maximum Gasteiger partial charge on any atom is 0.0433 e. The third-order valence-electron chi connectivity index (χ3n) is 6.33. The summed E-state index contributed by atoms with van der Waals surface area (Å²) in [6.45, 7) is 5.08. The SMILES string of the molecule is CC12CC3CC(C)(C1)CC(C(Cl)Cc1ccsc1)(C3)C2. The van der Waals surface area contributed by atoms with E-state index < -0.39 is 0 Å². The Hall–Kier alpha value is -0.0100. The smallest absolute Gasteiger partial charge is 0.0433 e. The van der Waals surface area contributed by atoms with Crippen molar-refractivity contribution >= 4 is 22.9 Å². The highest BCUT2D eigenvalue weighted by Gasteiger charge is 2.61. The van der Waals surface area contributed by atoms with Crippen LogP contribution in [0.25, 0.3) is 0 Å². The minimum atomic E-state index is 0.333. The second-order valence-electron chi connectivity index (χ2n) is 8.80. The molecule has 20 heavy (non-hydrogen) atoms. The number of halogens is 1. The third kappa shape index (κ3) is 2.08. The van der Waals surface area contributed by atoms with Crippen molar-refractivity contribution in [3.05, 3.63) is 22.4 Å². The van der Waals surface area contributed by atoms with Crippen LogP contribution in [0, 0.1) is 22.2 Å². The summed E-state index contributed by atoms with van der Waals surface area (Å²) in [6.07, 6.45) is 9.61. The van der Waals surface area contributed by atoms with Crippen LogP contribution in [0.2, 0.25) is 0 Å². The molecular formula is C18H25ClS. The summed E-state index contributed by atoms with van der Waals surface area (Å²) in [5.41, 5.74) is 3.03. The van der Waals surface area contributed by atoms with E-state index in [2.05, 4.69) is 30.7 Å². The summed E-state index contributed by atoms with van der Waals surface area (Å²) in [7, 11) is 0. The summed E-state index contributed by atoms with van der Waals surface area (Å²) in [5.74, 6) is 0.949. The molecule has 0 spiro atoms. The second-order valence-corrected chi connectivity index (χ2v) is 10.1. The fourth-order valence-corrected chi connectivity index (χ4v) is 7.82. The van der Waals surface area contributed by atoms with Crippen molar-refractivity contribution in [1.29, 1.82) is 0 Å². The van der Waals surface area contributed by atoms with Gasteiger partial charge in [0, 0.05) is 5.38 Å². The molecule has 1 aromatic rings. The van der Waals surface area contributed by atoms with Crippen molar-refractivity contribution in [2.45, 2.75) is 64.2 Å². The fraction of sp³-hybridized carbons (Fsp3) is 0.778. The van der Waals surface area contributed by atoms with Crippen LogP contribution in [-0.2, 0) is 6.42 Å². The zero-order chi connectivity index (χ0) is 14.0. The topological polar surface area (TPSA) is 0 Å². The van der Waals surface area contributed by atoms with Crippen molar-refractivity contribution in [2.24, 2.45) is 22.2 Å². The minimum absolute atomic E-state index is 0.333. The lowest BCUT2D eigenvalue weighted by atomic mass is 9.39. The van der Waals surface area contributed by atoms with E-state index >= 15 is 0 Å². The van der Waals surface area contributed by atoms with Gasteiger partial charge in [0.1, 0.15) is 0 Å². The molecule has 0 saturated heterocycles. The molecule has 2 heteroatoms. The van der Waals surface area contributed by atoms with E-state index in [9.17, 15) is 0 Å². The summed E-state index contributed by atoms with van der Waals surface area (Å²) in [4.78, 5) is 0. The van der Waals surface area contributed by atoms with E-state index in [0.29, 0.717) is 21.6 Å². The molecule has 0 amide bonds. The Morgan fingerprint density at radius 2 is 1.90 bits per heavy atom. The Kier molecular flexibility index (Phi) is 2.90. The van der Waals surface area contributed by atoms with Gasteiger partial charge in [-0.25, -0.2) is 0 Å². The van der Waals surface area contributed by atoms with Gasteiger partial charge in [0.25, 0.3) is 0 Å². The predicted octanol–water partition coefficient (Wildman–Crippen LogP) is 5.89. The van der Waals surface area contributed by atoms with Gasteiger partial charge < -0.3 is 0 Å². The summed E-state index contributed by atoms with van der Waals surface area (Å²) < 4.78 is 0. The summed E-state index contributed by atoms with van der Waals surface area (Å²) in [5, 5.41) is 4.79. The third-order valence-corrected chi connectivity index (χ3v) is 7.68. The van der Waals surface area contributed by atoms with Gasteiger partial charge in [-0.3, -0.25) is 0 Å². The fourth-order valence-electron chi connectivity index (χ4n) is 6.72. The molecule has 0 aromatic carbocycles. The van der Waals surface area contributed by atoms with Crippen LogP contribution in [0.15, 0.2) is 16.8 Å². The molecule has 4 bridgehead atoms. The Morgan fingerprint density at radius 1 is 1.20 bits per heavy atom. The molecule has 4 aliphatic carbocycles. The molecule has 110 valence electrons. The second kappa shape index (κ2) is 4.26. The monoisotopic (exact) mass is 308 g/mol. The average Bonchev–Trinajstić information content (AvgIpc) is 2.76. The van der Waals surface area contributed by atoms with Gasteiger partial charge in [-0.05, 0) is 89.5 Å². The van der Waals surface area contributed by atoms with Gasteiger partial charge in [0.2, 0.25) is 0 Å². The van der Waals surface area contributed by atoms with Crippen LogP contribution >= 0.6 is 22.9 Å². The van der Waals surface area contributed by atoms with Gasteiger partial charge >= 0.3 is 0 Å². The Bertz CT molecular complexity index is 487. The number of rotatable bonds is 3. The van der Waals surface area contributed by atoms with E-state index in [0.717, 1.165) is 12.3 Å². The molecule has 0 aliphatic heterocycles. The van der Waals surface area contributed by atoms with Crippen molar-refractivity contribution in [3.8, 4) is 0 Å². The molecule has 4 saturated carbocycles. The van der Waals surface area contributed by atoms with Gasteiger partial charge in [-0.1, -0.05) is 13.8 Å². The molecule has 3 unspecified atom stereocenters. The maximum atomic E-state index is 7.02. The first-order valence-electron chi connectivity index (χ1n) is 8.06. The van der Waals surface area contributed by atoms with Gasteiger partial charge in [0.05, 0.1) is 0 Å². The van der Waals surface area contributed by atoms with Crippen LogP contribution in [0.4, 0.5) is 0 Å². The molecule has 4 fully saturated rings. The van der Waals surface area contributed by atoms with Gasteiger partial charge in [0.15, 0.2) is 0 Å². The summed E-state index contributed by atoms with van der Waals surface area (Å²) in [6, 6.07) is 2.25. The zero-order valence-corrected chi connectivity index (χ0v) is 14.2. The average molecular weight is 309 g/mol. The molecule has 0 radical (unpaired) electrons. The quantitative estimate of drug-likeness (QED) is 0.610. The molecule has 1 aromatic heterocycles. The first-order valence-corrected chi connectivity index (χ1v) is 9.44. The minimum Gasteiger partial charge on any atom is -0.152 e. The van der Waals surface area contributed by atoms with E-state index in [1.165, 1.54) is 44.1 Å². The number of hydrogen-bond donors (Lipinski definition) is 0.